The van der Waals surface area contributed by atoms with Crippen LogP contribution >= 0.6 is 23.4 Å². The van der Waals surface area contributed by atoms with Gasteiger partial charge in [0, 0.05) is 22.2 Å². The van der Waals surface area contributed by atoms with Crippen molar-refractivity contribution in [2.45, 2.75) is 5.22 Å². The normalized spacial score (nSPS) is 11.1. The zero-order chi connectivity index (χ0) is 21.2. The molecule has 0 bridgehead atoms. The highest BCUT2D eigenvalue weighted by Crippen LogP contribution is 2.33. The molecule has 0 saturated carbocycles. The predicted molar refractivity (Wildman–Crippen MR) is 121 cm³/mol. The minimum absolute atomic E-state index is 0.0332. The van der Waals surface area contributed by atoms with E-state index in [1.165, 1.54) is 11.8 Å². The summed E-state index contributed by atoms with van der Waals surface area (Å²) in [6.07, 6.45) is 1.72. The number of nitrogens with one attached hydrogen (secondary N) is 1. The minimum atomic E-state index is -0.0332. The molecule has 0 aliphatic carbocycles. The molecule has 0 aliphatic rings. The number of pyridine rings is 1. The summed E-state index contributed by atoms with van der Waals surface area (Å²) in [5.74, 6) is 0.549. The molecule has 0 spiro atoms. The number of hydrogen-bond acceptors (Lipinski definition) is 6. The van der Waals surface area contributed by atoms with Crippen LogP contribution in [-0.4, -0.2) is 31.7 Å². The lowest BCUT2D eigenvalue weighted by Gasteiger charge is -2.07. The van der Waals surface area contributed by atoms with Gasteiger partial charge in [0.25, 0.3) is 5.22 Å². The van der Waals surface area contributed by atoms with Crippen LogP contribution in [0.4, 0.5) is 0 Å². The summed E-state index contributed by atoms with van der Waals surface area (Å²) in [5.41, 5.74) is 3.87. The Morgan fingerprint density at radius 1 is 1.03 bits per heavy atom. The number of hydrogen-bond donors (Lipinski definition) is 1. The largest absolute Gasteiger partial charge is 0.411 e. The molecule has 0 aliphatic heterocycles. The molecule has 0 fully saturated rings. The summed E-state index contributed by atoms with van der Waals surface area (Å²) in [6, 6.07) is 20.7. The first-order valence-corrected chi connectivity index (χ1v) is 10.8. The van der Waals surface area contributed by atoms with Crippen molar-refractivity contribution in [1.82, 2.24) is 20.2 Å². The number of thioether (sulfide) groups is 1. The summed E-state index contributed by atoms with van der Waals surface area (Å²) in [4.78, 5) is 19.9. The minimum Gasteiger partial charge on any atom is -0.411 e. The average Bonchev–Trinajstić information content (AvgIpc) is 3.50. The van der Waals surface area contributed by atoms with Crippen LogP contribution in [0, 0.1) is 0 Å². The van der Waals surface area contributed by atoms with Crippen LogP contribution in [0.1, 0.15) is 10.5 Å². The molecule has 0 saturated heterocycles. The van der Waals surface area contributed by atoms with Crippen LogP contribution < -0.4 is 0 Å². The van der Waals surface area contributed by atoms with Gasteiger partial charge in [-0.2, -0.15) is 0 Å². The number of H-pyrrole nitrogens is 1. The number of aromatic amines is 1. The molecule has 0 amide bonds. The Labute approximate surface area is 186 Å². The fraction of sp³-hybridized carbons (Fsp3) is 0.0435. The monoisotopic (exact) mass is 446 g/mol. The van der Waals surface area contributed by atoms with Crippen molar-refractivity contribution in [3.05, 3.63) is 83.6 Å². The van der Waals surface area contributed by atoms with E-state index in [2.05, 4.69) is 15.2 Å². The van der Waals surface area contributed by atoms with Crippen molar-refractivity contribution in [3.8, 4) is 22.7 Å². The summed E-state index contributed by atoms with van der Waals surface area (Å²) < 4.78 is 5.88. The van der Waals surface area contributed by atoms with Crippen molar-refractivity contribution < 1.29 is 9.21 Å². The quantitative estimate of drug-likeness (QED) is 0.258. The van der Waals surface area contributed by atoms with Gasteiger partial charge < -0.3 is 9.40 Å². The highest BCUT2D eigenvalue weighted by molar-refractivity contribution is 7.99. The van der Waals surface area contributed by atoms with E-state index >= 15 is 0 Å². The van der Waals surface area contributed by atoms with E-state index in [-0.39, 0.29) is 11.5 Å². The highest BCUT2D eigenvalue weighted by Gasteiger charge is 2.16. The second kappa shape index (κ2) is 8.37. The number of Topliss-reactive ketones (excluding diaryl/α,β-unsaturated/α-hetero) is 1. The third kappa shape index (κ3) is 4.10. The number of halogens is 1. The third-order valence-corrected chi connectivity index (χ3v) is 5.79. The van der Waals surface area contributed by atoms with E-state index < -0.39 is 0 Å². The molecule has 1 N–H and O–H groups in total. The van der Waals surface area contributed by atoms with Gasteiger partial charge in [0.2, 0.25) is 5.89 Å². The first kappa shape index (κ1) is 19.5. The number of ketones is 1. The van der Waals surface area contributed by atoms with Gasteiger partial charge in [-0.05, 0) is 36.4 Å². The van der Waals surface area contributed by atoms with Gasteiger partial charge in [-0.3, -0.25) is 4.79 Å². The van der Waals surface area contributed by atoms with Crippen LogP contribution in [0.5, 0.6) is 0 Å². The van der Waals surface area contributed by atoms with Gasteiger partial charge >= 0.3 is 0 Å². The van der Waals surface area contributed by atoms with E-state index in [4.69, 9.17) is 21.0 Å². The third-order valence-electron chi connectivity index (χ3n) is 4.72. The van der Waals surface area contributed by atoms with Crippen LogP contribution in [-0.2, 0) is 0 Å². The Morgan fingerprint density at radius 3 is 2.68 bits per heavy atom. The molecule has 2 aromatic carbocycles. The number of carbonyl (C=O) groups excluding carboxylic acids is 1. The van der Waals surface area contributed by atoms with Crippen LogP contribution in [0.2, 0.25) is 5.02 Å². The number of rotatable bonds is 6. The Bertz CT molecular complexity index is 1360. The molecule has 5 rings (SSSR count). The highest BCUT2D eigenvalue weighted by atomic mass is 35.5. The lowest BCUT2D eigenvalue weighted by molar-refractivity contribution is 0.101. The molecule has 5 aromatic rings. The summed E-state index contributed by atoms with van der Waals surface area (Å²) in [5, 5.41) is 10.2. The fourth-order valence-electron chi connectivity index (χ4n) is 3.21. The summed E-state index contributed by atoms with van der Waals surface area (Å²) in [7, 11) is 0. The Morgan fingerprint density at radius 2 is 1.87 bits per heavy atom. The molecule has 31 heavy (non-hydrogen) atoms. The Balaban J connectivity index is 1.48. The number of carbonyl (C=O) groups is 1. The van der Waals surface area contributed by atoms with Crippen molar-refractivity contribution in [2.75, 3.05) is 5.75 Å². The first-order chi connectivity index (χ1) is 15.2. The van der Waals surface area contributed by atoms with Crippen LogP contribution in [0.3, 0.4) is 0 Å². The predicted octanol–water partition coefficient (Wildman–Crippen LogP) is 5.91. The fourth-order valence-corrected chi connectivity index (χ4v) is 3.98. The van der Waals surface area contributed by atoms with Gasteiger partial charge in [0.05, 0.1) is 28.2 Å². The van der Waals surface area contributed by atoms with Gasteiger partial charge in [0.15, 0.2) is 5.78 Å². The molecule has 8 heteroatoms. The second-order valence-electron chi connectivity index (χ2n) is 6.75. The smallest absolute Gasteiger partial charge is 0.277 e. The van der Waals surface area contributed by atoms with E-state index in [0.29, 0.717) is 21.8 Å². The lowest BCUT2D eigenvalue weighted by Crippen LogP contribution is -2.02. The Kier molecular flexibility index (Phi) is 5.28. The Hall–Kier alpha value is -3.42. The van der Waals surface area contributed by atoms with E-state index in [9.17, 15) is 4.79 Å². The maximum absolute atomic E-state index is 12.2. The molecule has 0 radical (unpaired) electrons. The number of benzene rings is 2. The summed E-state index contributed by atoms with van der Waals surface area (Å²) >= 11 is 7.24. The zero-order valence-electron chi connectivity index (χ0n) is 16.1. The molecular formula is C23H15ClN4O2S. The number of para-hydroxylation sites is 1. The molecule has 152 valence electrons. The lowest BCUT2D eigenvalue weighted by atomic mass is 10.0. The van der Waals surface area contributed by atoms with Gasteiger partial charge in [-0.15, -0.1) is 10.2 Å². The number of fused-ring (bicyclic) bond motifs is 1. The number of nitrogens with zero attached hydrogens (tertiary/aromatic N) is 3. The molecule has 3 heterocycles. The second-order valence-corrected chi connectivity index (χ2v) is 8.11. The van der Waals surface area contributed by atoms with Crippen molar-refractivity contribution in [3.63, 3.8) is 0 Å². The van der Waals surface area contributed by atoms with E-state index in [1.807, 2.05) is 54.6 Å². The van der Waals surface area contributed by atoms with Gasteiger partial charge in [-0.25, -0.2) is 4.98 Å². The van der Waals surface area contributed by atoms with Crippen LogP contribution in [0.15, 0.2) is 82.6 Å². The topological polar surface area (TPSA) is 84.7 Å². The van der Waals surface area contributed by atoms with Crippen molar-refractivity contribution in [1.29, 1.82) is 0 Å². The van der Waals surface area contributed by atoms with E-state index in [0.717, 1.165) is 27.7 Å². The zero-order valence-corrected chi connectivity index (χ0v) is 17.7. The van der Waals surface area contributed by atoms with Gasteiger partial charge in [-0.1, -0.05) is 53.7 Å². The SMILES string of the molecule is O=C(CSc1nnc(-c2cc(-c3ccc(Cl)cc3)nc3ccccc23)o1)c1ccc[nH]1. The van der Waals surface area contributed by atoms with Gasteiger partial charge in [0.1, 0.15) is 0 Å². The van der Waals surface area contributed by atoms with Crippen molar-refractivity contribution >= 4 is 40.0 Å². The molecule has 6 nitrogen and oxygen atoms in total. The van der Waals surface area contributed by atoms with Crippen LogP contribution in [0.25, 0.3) is 33.6 Å². The summed E-state index contributed by atoms with van der Waals surface area (Å²) in [6.45, 7) is 0. The van der Waals surface area contributed by atoms with Crippen molar-refractivity contribution in [2.24, 2.45) is 0 Å². The molecule has 3 aromatic heterocycles. The molecule has 0 unspecified atom stereocenters. The first-order valence-electron chi connectivity index (χ1n) is 9.46. The molecular weight excluding hydrogens is 432 g/mol. The maximum atomic E-state index is 12.2. The average molecular weight is 447 g/mol. The standard InChI is InChI=1S/C23H15ClN4O2S/c24-15-9-7-14(8-10-15)20-12-17(16-4-1-2-5-18(16)26-20)22-27-28-23(30-22)31-13-21(29)19-6-3-11-25-19/h1-12,25H,13H2. The molecule has 0 atom stereocenters. The number of aromatic nitrogens is 4. The maximum Gasteiger partial charge on any atom is 0.277 e. The van der Waals surface area contributed by atoms with E-state index in [1.54, 1.807) is 18.3 Å².